The molecule has 4 unspecified atom stereocenters. The lowest BCUT2D eigenvalue weighted by Gasteiger charge is -2.28. The molecule has 5 heteroatoms. The maximum Gasteiger partial charge on any atom is 0.303 e. The van der Waals surface area contributed by atoms with Crippen LogP contribution in [0, 0.1) is 11.8 Å². The second kappa shape index (κ2) is 7.65. The molecular formula is C18H29NO4. The Balaban J connectivity index is 1.53. The van der Waals surface area contributed by atoms with Crippen molar-refractivity contribution in [2.45, 2.75) is 88.9 Å². The summed E-state index contributed by atoms with van der Waals surface area (Å²) in [7, 11) is 0. The van der Waals surface area contributed by atoms with E-state index in [0.717, 1.165) is 25.7 Å². The number of aliphatic carboxylic acids is 1. The Kier molecular flexibility index (Phi) is 5.57. The number of carbonyl (C=O) groups is 2. The van der Waals surface area contributed by atoms with Gasteiger partial charge in [-0.3, -0.25) is 9.59 Å². The molecule has 3 aliphatic rings. The standard InChI is InChI=1S/C18H29NO4/c20-17(21)9-6-13(10-12-4-2-1-3-5-12)19-18(22)15-11-14-7-8-16(15)23-14/h12-16H,1-11H2,(H,19,22)(H,20,21). The van der Waals surface area contributed by atoms with E-state index in [1.807, 2.05) is 0 Å². The molecule has 23 heavy (non-hydrogen) atoms. The molecule has 2 aliphatic heterocycles. The highest BCUT2D eigenvalue weighted by Gasteiger charge is 2.44. The van der Waals surface area contributed by atoms with Gasteiger partial charge in [0.25, 0.3) is 0 Å². The average Bonchev–Trinajstić information content (AvgIpc) is 3.16. The Morgan fingerprint density at radius 3 is 2.52 bits per heavy atom. The van der Waals surface area contributed by atoms with E-state index in [1.165, 1.54) is 32.1 Å². The second-order valence-electron chi connectivity index (χ2n) is 7.59. The van der Waals surface area contributed by atoms with Crippen molar-refractivity contribution in [2.24, 2.45) is 11.8 Å². The van der Waals surface area contributed by atoms with Gasteiger partial charge in [-0.2, -0.15) is 0 Å². The van der Waals surface area contributed by atoms with Crippen LogP contribution in [0.4, 0.5) is 0 Å². The third-order valence-corrected chi connectivity index (χ3v) is 5.84. The summed E-state index contributed by atoms with van der Waals surface area (Å²) in [6.45, 7) is 0. The molecule has 5 nitrogen and oxygen atoms in total. The fourth-order valence-corrected chi connectivity index (χ4v) is 4.59. The van der Waals surface area contributed by atoms with Gasteiger partial charge in [-0.05, 0) is 38.0 Å². The van der Waals surface area contributed by atoms with Crippen LogP contribution < -0.4 is 5.32 Å². The molecule has 1 amide bonds. The van der Waals surface area contributed by atoms with Crippen molar-refractivity contribution in [3.05, 3.63) is 0 Å². The second-order valence-corrected chi connectivity index (χ2v) is 7.59. The van der Waals surface area contributed by atoms with Gasteiger partial charge >= 0.3 is 5.97 Å². The average molecular weight is 323 g/mol. The van der Waals surface area contributed by atoms with Crippen LogP contribution in [0.2, 0.25) is 0 Å². The van der Waals surface area contributed by atoms with Gasteiger partial charge in [0.05, 0.1) is 18.1 Å². The summed E-state index contributed by atoms with van der Waals surface area (Å²) in [5.74, 6) is -0.0777. The Morgan fingerprint density at radius 1 is 1.13 bits per heavy atom. The van der Waals surface area contributed by atoms with Gasteiger partial charge in [-0.25, -0.2) is 0 Å². The molecule has 1 saturated carbocycles. The van der Waals surface area contributed by atoms with Gasteiger partial charge in [0.1, 0.15) is 0 Å². The number of carboxylic acid groups (broad SMARTS) is 1. The van der Waals surface area contributed by atoms with Crippen molar-refractivity contribution >= 4 is 11.9 Å². The van der Waals surface area contributed by atoms with Crippen LogP contribution in [-0.4, -0.2) is 35.2 Å². The van der Waals surface area contributed by atoms with Crippen LogP contribution in [0.15, 0.2) is 0 Å². The number of fused-ring (bicyclic) bond motifs is 2. The monoisotopic (exact) mass is 323 g/mol. The zero-order valence-electron chi connectivity index (χ0n) is 13.8. The highest BCUT2D eigenvalue weighted by atomic mass is 16.5. The third kappa shape index (κ3) is 4.46. The van der Waals surface area contributed by atoms with E-state index in [4.69, 9.17) is 9.84 Å². The van der Waals surface area contributed by atoms with Gasteiger partial charge in [0.2, 0.25) is 5.91 Å². The minimum atomic E-state index is -0.781. The summed E-state index contributed by atoms with van der Waals surface area (Å²) in [4.78, 5) is 23.5. The van der Waals surface area contributed by atoms with Crippen molar-refractivity contribution in [2.75, 3.05) is 0 Å². The van der Waals surface area contributed by atoms with E-state index in [1.54, 1.807) is 0 Å². The van der Waals surface area contributed by atoms with Gasteiger partial charge < -0.3 is 15.2 Å². The van der Waals surface area contributed by atoms with Crippen LogP contribution in [0.25, 0.3) is 0 Å². The molecule has 0 radical (unpaired) electrons. The number of ether oxygens (including phenoxy) is 1. The zero-order valence-corrected chi connectivity index (χ0v) is 13.8. The minimum absolute atomic E-state index is 0.000765. The molecule has 3 rings (SSSR count). The first-order chi connectivity index (χ1) is 11.1. The van der Waals surface area contributed by atoms with E-state index in [0.29, 0.717) is 12.3 Å². The lowest BCUT2D eigenvalue weighted by Crippen LogP contribution is -2.43. The normalized spacial score (nSPS) is 31.9. The molecule has 0 aromatic rings. The predicted molar refractivity (Wildman–Crippen MR) is 86.0 cm³/mol. The minimum Gasteiger partial charge on any atom is -0.481 e. The molecule has 2 heterocycles. The quantitative estimate of drug-likeness (QED) is 0.755. The lowest BCUT2D eigenvalue weighted by atomic mass is 9.83. The molecule has 2 N–H and O–H groups in total. The highest BCUT2D eigenvalue weighted by molar-refractivity contribution is 5.80. The van der Waals surface area contributed by atoms with Crippen molar-refractivity contribution in [1.29, 1.82) is 0 Å². The smallest absolute Gasteiger partial charge is 0.303 e. The van der Waals surface area contributed by atoms with Crippen LogP contribution in [-0.2, 0) is 14.3 Å². The number of carboxylic acids is 1. The molecule has 0 spiro atoms. The predicted octanol–water partition coefficient (Wildman–Crippen LogP) is 2.87. The largest absolute Gasteiger partial charge is 0.481 e. The Bertz CT molecular complexity index is 433. The summed E-state index contributed by atoms with van der Waals surface area (Å²) in [6.07, 6.45) is 11.2. The molecule has 0 aromatic heterocycles. The van der Waals surface area contributed by atoms with E-state index >= 15 is 0 Å². The Morgan fingerprint density at radius 2 is 1.91 bits per heavy atom. The van der Waals surface area contributed by atoms with Crippen molar-refractivity contribution in [3.8, 4) is 0 Å². The van der Waals surface area contributed by atoms with Gasteiger partial charge in [-0.15, -0.1) is 0 Å². The molecule has 2 bridgehead atoms. The van der Waals surface area contributed by atoms with Gasteiger partial charge in [-0.1, -0.05) is 32.1 Å². The zero-order chi connectivity index (χ0) is 16.2. The Labute approximate surface area is 138 Å². The van der Waals surface area contributed by atoms with Crippen LogP contribution in [0.1, 0.15) is 70.6 Å². The fourth-order valence-electron chi connectivity index (χ4n) is 4.59. The maximum atomic E-state index is 12.6. The summed E-state index contributed by atoms with van der Waals surface area (Å²) >= 11 is 0. The molecule has 2 saturated heterocycles. The first kappa shape index (κ1) is 16.7. The van der Waals surface area contributed by atoms with E-state index in [9.17, 15) is 9.59 Å². The highest BCUT2D eigenvalue weighted by Crippen LogP contribution is 2.39. The number of rotatable bonds is 7. The Hall–Kier alpha value is -1.10. The van der Waals surface area contributed by atoms with E-state index in [-0.39, 0.29) is 36.5 Å². The first-order valence-corrected chi connectivity index (χ1v) is 9.29. The van der Waals surface area contributed by atoms with Gasteiger partial charge in [0, 0.05) is 12.5 Å². The topological polar surface area (TPSA) is 75.6 Å². The summed E-state index contributed by atoms with van der Waals surface area (Å²) < 4.78 is 5.78. The van der Waals surface area contributed by atoms with Crippen molar-refractivity contribution in [3.63, 3.8) is 0 Å². The van der Waals surface area contributed by atoms with Crippen molar-refractivity contribution in [1.82, 2.24) is 5.32 Å². The molecule has 4 atom stereocenters. The summed E-state index contributed by atoms with van der Waals surface area (Å²) in [5, 5.41) is 12.1. The molecular weight excluding hydrogens is 294 g/mol. The fraction of sp³-hybridized carbons (Fsp3) is 0.889. The number of hydrogen-bond acceptors (Lipinski definition) is 3. The van der Waals surface area contributed by atoms with Crippen LogP contribution >= 0.6 is 0 Å². The SMILES string of the molecule is O=C(O)CCC(CC1CCCCC1)NC(=O)C1CC2CCC1O2. The molecule has 130 valence electrons. The maximum absolute atomic E-state index is 12.6. The molecule has 3 fully saturated rings. The van der Waals surface area contributed by atoms with Crippen LogP contribution in [0.5, 0.6) is 0 Å². The van der Waals surface area contributed by atoms with Crippen LogP contribution in [0.3, 0.4) is 0 Å². The molecule has 0 aromatic carbocycles. The number of amides is 1. The molecule has 1 aliphatic carbocycles. The summed E-state index contributed by atoms with van der Waals surface area (Å²) in [6, 6.07) is 0.000765. The first-order valence-electron chi connectivity index (χ1n) is 9.29. The number of hydrogen-bond donors (Lipinski definition) is 2. The van der Waals surface area contributed by atoms with E-state index < -0.39 is 5.97 Å². The number of nitrogens with one attached hydrogen (secondary N) is 1. The summed E-state index contributed by atoms with van der Waals surface area (Å²) in [5.41, 5.74) is 0. The van der Waals surface area contributed by atoms with Crippen molar-refractivity contribution < 1.29 is 19.4 Å². The third-order valence-electron chi connectivity index (χ3n) is 5.84. The van der Waals surface area contributed by atoms with Gasteiger partial charge in [0.15, 0.2) is 0 Å². The van der Waals surface area contributed by atoms with E-state index in [2.05, 4.69) is 5.32 Å². The number of carbonyl (C=O) groups excluding carboxylic acids is 1. The lowest BCUT2D eigenvalue weighted by molar-refractivity contribution is -0.137.